The second-order valence-electron chi connectivity index (χ2n) is 4.61. The van der Waals surface area contributed by atoms with E-state index in [1.165, 1.54) is 25.7 Å². The molecular weight excluding hydrogens is 136 g/mol. The van der Waals surface area contributed by atoms with E-state index in [0.717, 1.165) is 12.1 Å². The Morgan fingerprint density at radius 1 is 1.27 bits per heavy atom. The highest BCUT2D eigenvalue weighted by Gasteiger charge is 2.42. The summed E-state index contributed by atoms with van der Waals surface area (Å²) in [4.78, 5) is 2.52. The summed E-state index contributed by atoms with van der Waals surface area (Å²) in [5.74, 6) is 0. The van der Waals surface area contributed by atoms with Crippen molar-refractivity contribution in [1.29, 1.82) is 0 Å². The molecule has 64 valence electrons. The smallest absolute Gasteiger partial charge is 0.0155 e. The molecule has 2 heteroatoms. The van der Waals surface area contributed by atoms with Crippen molar-refractivity contribution in [2.45, 2.75) is 50.2 Å². The first kappa shape index (κ1) is 7.56. The van der Waals surface area contributed by atoms with Crippen LogP contribution in [0.25, 0.3) is 0 Å². The van der Waals surface area contributed by atoms with Crippen LogP contribution in [0.4, 0.5) is 0 Å². The summed E-state index contributed by atoms with van der Waals surface area (Å²) in [5.41, 5.74) is 6.26. The quantitative estimate of drug-likeness (QED) is 0.563. The number of piperidine rings is 1. The molecule has 0 amide bonds. The molecule has 2 heterocycles. The molecule has 2 fully saturated rings. The SMILES string of the molecule is CN1C2CCC1CC(C)(N)C2. The number of nitrogens with zero attached hydrogens (tertiary/aromatic N) is 1. The van der Waals surface area contributed by atoms with Gasteiger partial charge in [-0.3, -0.25) is 0 Å². The lowest BCUT2D eigenvalue weighted by atomic mass is 9.86. The van der Waals surface area contributed by atoms with E-state index in [2.05, 4.69) is 18.9 Å². The van der Waals surface area contributed by atoms with Gasteiger partial charge in [0.1, 0.15) is 0 Å². The molecule has 2 aliphatic heterocycles. The van der Waals surface area contributed by atoms with Crippen molar-refractivity contribution >= 4 is 0 Å². The van der Waals surface area contributed by atoms with Gasteiger partial charge in [-0.15, -0.1) is 0 Å². The second-order valence-corrected chi connectivity index (χ2v) is 4.61. The first-order valence-corrected chi connectivity index (χ1v) is 4.59. The van der Waals surface area contributed by atoms with Crippen molar-refractivity contribution in [3.05, 3.63) is 0 Å². The average molecular weight is 154 g/mol. The monoisotopic (exact) mass is 154 g/mol. The molecule has 2 unspecified atom stereocenters. The lowest BCUT2D eigenvalue weighted by Gasteiger charge is -2.40. The molecule has 0 aromatic heterocycles. The van der Waals surface area contributed by atoms with E-state index in [1.807, 2.05) is 0 Å². The Bertz CT molecular complexity index is 149. The number of fused-ring (bicyclic) bond motifs is 2. The standard InChI is InChI=1S/C9H18N2/c1-9(10)5-7-3-4-8(6-9)11(7)2/h7-8H,3-6,10H2,1-2H3. The summed E-state index contributed by atoms with van der Waals surface area (Å²) in [6.45, 7) is 2.20. The zero-order valence-corrected chi connectivity index (χ0v) is 7.51. The normalized spacial score (nSPS) is 51.5. The topological polar surface area (TPSA) is 29.3 Å². The van der Waals surface area contributed by atoms with Crippen molar-refractivity contribution in [3.63, 3.8) is 0 Å². The molecule has 2 rings (SSSR count). The van der Waals surface area contributed by atoms with Gasteiger partial charge in [0.15, 0.2) is 0 Å². The molecule has 2 nitrogen and oxygen atoms in total. The summed E-state index contributed by atoms with van der Waals surface area (Å²) in [6, 6.07) is 1.56. The second kappa shape index (κ2) is 2.20. The predicted octanol–water partition coefficient (Wildman–Crippen LogP) is 0.960. The van der Waals surface area contributed by atoms with Crippen LogP contribution in [0.3, 0.4) is 0 Å². The maximum atomic E-state index is 6.13. The van der Waals surface area contributed by atoms with Crippen LogP contribution in [0, 0.1) is 0 Å². The summed E-state index contributed by atoms with van der Waals surface area (Å²) in [7, 11) is 2.25. The summed E-state index contributed by atoms with van der Waals surface area (Å²) < 4.78 is 0. The van der Waals surface area contributed by atoms with Crippen molar-refractivity contribution in [1.82, 2.24) is 4.90 Å². The summed E-state index contributed by atoms with van der Waals surface area (Å²) >= 11 is 0. The third kappa shape index (κ3) is 1.18. The van der Waals surface area contributed by atoms with Gasteiger partial charge in [-0.1, -0.05) is 0 Å². The van der Waals surface area contributed by atoms with Crippen LogP contribution in [0.5, 0.6) is 0 Å². The minimum atomic E-state index is 0.123. The lowest BCUT2D eigenvalue weighted by Crippen LogP contribution is -2.52. The maximum Gasteiger partial charge on any atom is 0.0155 e. The highest BCUT2D eigenvalue weighted by molar-refractivity contribution is 5.00. The number of nitrogens with two attached hydrogens (primary N) is 1. The molecule has 2 atom stereocenters. The molecule has 2 N–H and O–H groups in total. The van der Waals surface area contributed by atoms with Gasteiger partial charge in [-0.2, -0.15) is 0 Å². The van der Waals surface area contributed by atoms with E-state index in [-0.39, 0.29) is 5.54 Å². The minimum Gasteiger partial charge on any atom is -0.325 e. The molecule has 2 bridgehead atoms. The van der Waals surface area contributed by atoms with Crippen LogP contribution in [0.2, 0.25) is 0 Å². The number of hydrogen-bond donors (Lipinski definition) is 1. The van der Waals surface area contributed by atoms with E-state index in [1.54, 1.807) is 0 Å². The van der Waals surface area contributed by atoms with Crippen LogP contribution >= 0.6 is 0 Å². The fourth-order valence-electron chi connectivity index (χ4n) is 2.74. The van der Waals surface area contributed by atoms with Crippen LogP contribution in [0.15, 0.2) is 0 Å². The minimum absolute atomic E-state index is 0.123. The Kier molecular flexibility index (Phi) is 1.52. The Balaban J connectivity index is 2.14. The van der Waals surface area contributed by atoms with E-state index in [4.69, 9.17) is 5.73 Å². The Morgan fingerprint density at radius 2 is 1.73 bits per heavy atom. The van der Waals surface area contributed by atoms with Crippen molar-refractivity contribution in [2.75, 3.05) is 7.05 Å². The molecule has 2 saturated heterocycles. The Morgan fingerprint density at radius 3 is 2.18 bits per heavy atom. The third-order valence-corrected chi connectivity index (χ3v) is 3.39. The number of hydrogen-bond acceptors (Lipinski definition) is 2. The summed E-state index contributed by atoms with van der Waals surface area (Å²) in [6.07, 6.45) is 5.13. The van der Waals surface area contributed by atoms with Crippen LogP contribution in [0.1, 0.15) is 32.6 Å². The highest BCUT2D eigenvalue weighted by atomic mass is 15.2. The first-order valence-electron chi connectivity index (χ1n) is 4.59. The third-order valence-electron chi connectivity index (χ3n) is 3.39. The van der Waals surface area contributed by atoms with Crippen LogP contribution in [-0.2, 0) is 0 Å². The summed E-state index contributed by atoms with van der Waals surface area (Å²) in [5, 5.41) is 0. The van der Waals surface area contributed by atoms with Gasteiger partial charge in [-0.25, -0.2) is 0 Å². The van der Waals surface area contributed by atoms with Crippen molar-refractivity contribution in [3.8, 4) is 0 Å². The maximum absolute atomic E-state index is 6.13. The van der Waals surface area contributed by atoms with E-state index < -0.39 is 0 Å². The zero-order chi connectivity index (χ0) is 8.06. The molecule has 0 aromatic carbocycles. The number of rotatable bonds is 0. The van der Waals surface area contributed by atoms with Gasteiger partial charge in [-0.05, 0) is 39.7 Å². The fourth-order valence-corrected chi connectivity index (χ4v) is 2.74. The van der Waals surface area contributed by atoms with E-state index in [9.17, 15) is 0 Å². The highest BCUT2D eigenvalue weighted by Crippen LogP contribution is 2.37. The Hall–Kier alpha value is -0.0800. The molecule has 0 radical (unpaired) electrons. The fraction of sp³-hybridized carbons (Fsp3) is 1.00. The molecule has 0 spiro atoms. The largest absolute Gasteiger partial charge is 0.325 e. The van der Waals surface area contributed by atoms with Gasteiger partial charge in [0.25, 0.3) is 0 Å². The predicted molar refractivity (Wildman–Crippen MR) is 46.4 cm³/mol. The van der Waals surface area contributed by atoms with Crippen molar-refractivity contribution < 1.29 is 0 Å². The molecule has 11 heavy (non-hydrogen) atoms. The van der Waals surface area contributed by atoms with Gasteiger partial charge >= 0.3 is 0 Å². The molecule has 0 aliphatic carbocycles. The lowest BCUT2D eigenvalue weighted by molar-refractivity contribution is 0.123. The van der Waals surface area contributed by atoms with E-state index >= 15 is 0 Å². The molecule has 2 aliphatic rings. The van der Waals surface area contributed by atoms with Crippen LogP contribution in [-0.4, -0.2) is 29.6 Å². The van der Waals surface area contributed by atoms with Gasteiger partial charge in [0, 0.05) is 17.6 Å². The van der Waals surface area contributed by atoms with Gasteiger partial charge in [0.2, 0.25) is 0 Å². The average Bonchev–Trinajstić information content (AvgIpc) is 2.19. The first-order chi connectivity index (χ1) is 5.08. The van der Waals surface area contributed by atoms with Crippen molar-refractivity contribution in [2.24, 2.45) is 5.73 Å². The van der Waals surface area contributed by atoms with Crippen LogP contribution < -0.4 is 5.73 Å². The molecular formula is C9H18N2. The van der Waals surface area contributed by atoms with Gasteiger partial charge in [0.05, 0.1) is 0 Å². The Labute approximate surface area is 68.7 Å². The van der Waals surface area contributed by atoms with E-state index in [0.29, 0.717) is 0 Å². The molecule has 0 aromatic rings. The zero-order valence-electron chi connectivity index (χ0n) is 7.51. The molecule has 0 saturated carbocycles. The van der Waals surface area contributed by atoms with Gasteiger partial charge < -0.3 is 10.6 Å².